The third-order valence-corrected chi connectivity index (χ3v) is 1.60. The Hall–Kier alpha value is -0.730. The van der Waals surface area contributed by atoms with E-state index in [2.05, 4.69) is 17.0 Å². The standard InChI is InChI=1S/C6H11NO2/c1-4-3-5(4)7-6(8)9-2/h4-5H,3H2,1-2H3,(H,7,8). The van der Waals surface area contributed by atoms with Crippen LogP contribution in [0.15, 0.2) is 0 Å². The monoisotopic (exact) mass is 129 g/mol. The maximum absolute atomic E-state index is 10.5. The van der Waals surface area contributed by atoms with E-state index >= 15 is 0 Å². The average Bonchev–Trinajstić information content (AvgIpc) is 2.47. The molecule has 0 aromatic rings. The van der Waals surface area contributed by atoms with Crippen LogP contribution in [0, 0.1) is 5.92 Å². The summed E-state index contributed by atoms with van der Waals surface area (Å²) >= 11 is 0. The van der Waals surface area contributed by atoms with Crippen LogP contribution >= 0.6 is 0 Å². The van der Waals surface area contributed by atoms with Gasteiger partial charge in [0, 0.05) is 6.04 Å². The van der Waals surface area contributed by atoms with Gasteiger partial charge in [0.15, 0.2) is 0 Å². The summed E-state index contributed by atoms with van der Waals surface area (Å²) in [5.74, 6) is 0.643. The Bertz CT molecular complexity index is 124. The second-order valence-electron chi connectivity index (χ2n) is 2.46. The number of alkyl carbamates (subject to hydrolysis) is 1. The minimum Gasteiger partial charge on any atom is -0.453 e. The molecule has 1 fully saturated rings. The molecule has 1 rings (SSSR count). The molecule has 0 aromatic carbocycles. The normalized spacial score (nSPS) is 31.3. The third kappa shape index (κ3) is 1.59. The van der Waals surface area contributed by atoms with Crippen LogP contribution in [-0.2, 0) is 4.74 Å². The number of ether oxygens (including phenoxy) is 1. The highest BCUT2D eigenvalue weighted by molar-refractivity contribution is 5.67. The molecule has 0 spiro atoms. The summed E-state index contributed by atoms with van der Waals surface area (Å²) in [5, 5.41) is 2.69. The Labute approximate surface area is 54.4 Å². The first-order valence-corrected chi connectivity index (χ1v) is 3.08. The van der Waals surface area contributed by atoms with Crippen molar-refractivity contribution in [1.82, 2.24) is 5.32 Å². The summed E-state index contributed by atoms with van der Waals surface area (Å²) in [6, 6.07) is 0.373. The van der Waals surface area contributed by atoms with Gasteiger partial charge >= 0.3 is 6.09 Å². The molecular formula is C6H11NO2. The largest absolute Gasteiger partial charge is 0.453 e. The first-order chi connectivity index (χ1) is 4.24. The predicted molar refractivity (Wildman–Crippen MR) is 33.1 cm³/mol. The van der Waals surface area contributed by atoms with Gasteiger partial charge in [-0.05, 0) is 12.3 Å². The quantitative estimate of drug-likeness (QED) is 0.567. The van der Waals surface area contributed by atoms with Gasteiger partial charge in [0.25, 0.3) is 0 Å². The summed E-state index contributed by atoms with van der Waals surface area (Å²) in [4.78, 5) is 10.5. The maximum Gasteiger partial charge on any atom is 0.407 e. The van der Waals surface area contributed by atoms with Gasteiger partial charge in [-0.1, -0.05) is 6.92 Å². The van der Waals surface area contributed by atoms with E-state index in [-0.39, 0.29) is 6.09 Å². The van der Waals surface area contributed by atoms with Crippen molar-refractivity contribution in [3.05, 3.63) is 0 Å². The van der Waals surface area contributed by atoms with Crippen LogP contribution in [0.3, 0.4) is 0 Å². The van der Waals surface area contributed by atoms with E-state index in [0.29, 0.717) is 12.0 Å². The first kappa shape index (κ1) is 6.39. The van der Waals surface area contributed by atoms with Crippen molar-refractivity contribution in [3.8, 4) is 0 Å². The van der Waals surface area contributed by atoms with Crippen LogP contribution in [0.2, 0.25) is 0 Å². The summed E-state index contributed by atoms with van der Waals surface area (Å²) in [7, 11) is 1.38. The number of nitrogens with one attached hydrogen (secondary N) is 1. The number of carbonyl (C=O) groups excluding carboxylic acids is 1. The fourth-order valence-electron chi connectivity index (χ4n) is 0.733. The molecule has 52 valence electrons. The van der Waals surface area contributed by atoms with Crippen LogP contribution in [0.25, 0.3) is 0 Å². The Balaban J connectivity index is 2.12. The van der Waals surface area contributed by atoms with E-state index in [9.17, 15) is 4.79 Å². The predicted octanol–water partition coefficient (Wildman–Crippen LogP) is 0.751. The summed E-state index contributed by atoms with van der Waals surface area (Å²) in [6.07, 6.45) is 0.777. The highest BCUT2D eigenvalue weighted by Gasteiger charge is 2.33. The first-order valence-electron chi connectivity index (χ1n) is 3.08. The van der Waals surface area contributed by atoms with Gasteiger partial charge in [0.1, 0.15) is 0 Å². The van der Waals surface area contributed by atoms with E-state index in [1.54, 1.807) is 0 Å². The van der Waals surface area contributed by atoms with Crippen molar-refractivity contribution in [2.24, 2.45) is 5.92 Å². The molecule has 0 aromatic heterocycles. The lowest BCUT2D eigenvalue weighted by molar-refractivity contribution is 0.170. The summed E-state index contributed by atoms with van der Waals surface area (Å²) in [5.41, 5.74) is 0. The van der Waals surface area contributed by atoms with Crippen molar-refractivity contribution >= 4 is 6.09 Å². The van der Waals surface area contributed by atoms with Crippen molar-refractivity contribution < 1.29 is 9.53 Å². The fraction of sp³-hybridized carbons (Fsp3) is 0.833. The van der Waals surface area contributed by atoms with Gasteiger partial charge in [0.05, 0.1) is 7.11 Å². The van der Waals surface area contributed by atoms with Crippen molar-refractivity contribution in [3.63, 3.8) is 0 Å². The van der Waals surface area contributed by atoms with Gasteiger partial charge in [-0.2, -0.15) is 0 Å². The van der Waals surface area contributed by atoms with Gasteiger partial charge in [-0.15, -0.1) is 0 Å². The van der Waals surface area contributed by atoms with Crippen molar-refractivity contribution in [2.75, 3.05) is 7.11 Å². The van der Waals surface area contributed by atoms with Crippen LogP contribution < -0.4 is 5.32 Å². The SMILES string of the molecule is COC(=O)NC1CC1C. The lowest BCUT2D eigenvalue weighted by atomic mass is 10.5. The molecule has 2 unspecified atom stereocenters. The van der Waals surface area contributed by atoms with Crippen LogP contribution in [0.1, 0.15) is 13.3 Å². The molecule has 3 nitrogen and oxygen atoms in total. The number of methoxy groups -OCH3 is 1. The molecule has 0 saturated heterocycles. The van der Waals surface area contributed by atoms with E-state index in [1.165, 1.54) is 7.11 Å². The highest BCUT2D eigenvalue weighted by Crippen LogP contribution is 2.28. The summed E-state index contributed by atoms with van der Waals surface area (Å²) in [6.45, 7) is 2.10. The average molecular weight is 129 g/mol. The zero-order valence-electron chi connectivity index (χ0n) is 5.68. The van der Waals surface area contributed by atoms with Crippen molar-refractivity contribution in [2.45, 2.75) is 19.4 Å². The van der Waals surface area contributed by atoms with Crippen LogP contribution in [0.5, 0.6) is 0 Å². The zero-order valence-corrected chi connectivity index (χ0v) is 5.68. The Morgan fingerprint density at radius 1 is 1.78 bits per heavy atom. The van der Waals surface area contributed by atoms with Gasteiger partial charge in [-0.3, -0.25) is 0 Å². The lowest BCUT2D eigenvalue weighted by Crippen LogP contribution is -2.25. The molecule has 1 aliphatic rings. The van der Waals surface area contributed by atoms with Crippen LogP contribution in [-0.4, -0.2) is 19.2 Å². The highest BCUT2D eigenvalue weighted by atomic mass is 16.5. The van der Waals surface area contributed by atoms with E-state index < -0.39 is 0 Å². The molecule has 0 heterocycles. The molecule has 1 N–H and O–H groups in total. The minimum atomic E-state index is -0.315. The number of carbonyl (C=O) groups is 1. The lowest BCUT2D eigenvalue weighted by Gasteiger charge is -1.98. The topological polar surface area (TPSA) is 38.3 Å². The number of hydrogen-bond acceptors (Lipinski definition) is 2. The van der Waals surface area contributed by atoms with E-state index in [0.717, 1.165) is 6.42 Å². The van der Waals surface area contributed by atoms with Crippen molar-refractivity contribution in [1.29, 1.82) is 0 Å². The van der Waals surface area contributed by atoms with Gasteiger partial charge in [-0.25, -0.2) is 4.79 Å². The molecule has 9 heavy (non-hydrogen) atoms. The second kappa shape index (κ2) is 2.25. The maximum atomic E-state index is 10.5. The molecule has 1 aliphatic carbocycles. The molecule has 2 atom stereocenters. The smallest absolute Gasteiger partial charge is 0.407 e. The molecule has 0 radical (unpaired) electrons. The Morgan fingerprint density at radius 3 is 2.67 bits per heavy atom. The molecule has 1 amide bonds. The molecular weight excluding hydrogens is 118 g/mol. The molecule has 3 heteroatoms. The minimum absolute atomic E-state index is 0.315. The number of rotatable bonds is 1. The Kier molecular flexibility index (Phi) is 1.60. The fourth-order valence-corrected chi connectivity index (χ4v) is 0.733. The molecule has 1 saturated carbocycles. The summed E-state index contributed by atoms with van der Waals surface area (Å²) < 4.78 is 4.40. The molecule has 0 aliphatic heterocycles. The van der Waals surface area contributed by atoms with Gasteiger partial charge < -0.3 is 10.1 Å². The Morgan fingerprint density at radius 2 is 2.33 bits per heavy atom. The third-order valence-electron chi connectivity index (χ3n) is 1.60. The number of hydrogen-bond donors (Lipinski definition) is 1. The van der Waals surface area contributed by atoms with E-state index in [4.69, 9.17) is 0 Å². The second-order valence-corrected chi connectivity index (χ2v) is 2.46. The van der Waals surface area contributed by atoms with Crippen LogP contribution in [0.4, 0.5) is 4.79 Å². The number of amides is 1. The van der Waals surface area contributed by atoms with E-state index in [1.807, 2.05) is 0 Å². The van der Waals surface area contributed by atoms with Gasteiger partial charge in [0.2, 0.25) is 0 Å². The zero-order chi connectivity index (χ0) is 6.85. The molecule has 0 bridgehead atoms.